The molecule has 0 atom stereocenters. The molecule has 0 aliphatic carbocycles. The fourth-order valence-corrected chi connectivity index (χ4v) is 1.20. The van der Waals surface area contributed by atoms with Gasteiger partial charge in [0.05, 0.1) is 13.2 Å². The summed E-state index contributed by atoms with van der Waals surface area (Å²) in [6.45, 7) is 0.900. The van der Waals surface area contributed by atoms with Gasteiger partial charge in [0.15, 0.2) is 0 Å². The van der Waals surface area contributed by atoms with Crippen LogP contribution in [0.5, 0.6) is 11.5 Å². The molecule has 0 bridgehead atoms. The van der Waals surface area contributed by atoms with Crippen molar-refractivity contribution in [2.75, 3.05) is 39.6 Å². The third-order valence-electron chi connectivity index (χ3n) is 2.09. The van der Waals surface area contributed by atoms with Crippen LogP contribution in [0.4, 0.5) is 0 Å². The molecule has 1 rings (SSSR count). The van der Waals surface area contributed by atoms with E-state index in [4.69, 9.17) is 29.9 Å². The molecule has 1 aromatic carbocycles. The van der Waals surface area contributed by atoms with Crippen molar-refractivity contribution in [3.63, 3.8) is 0 Å². The lowest BCUT2D eigenvalue weighted by Gasteiger charge is -2.07. The van der Waals surface area contributed by atoms with Crippen LogP contribution in [0.2, 0.25) is 0 Å². The molecule has 0 aliphatic rings. The molecule has 0 radical (unpaired) electrons. The Morgan fingerprint density at radius 2 is 1.15 bits per heavy atom. The molecule has 0 fully saturated rings. The number of benzene rings is 1. The van der Waals surface area contributed by atoms with Crippen LogP contribution in [0, 0.1) is 0 Å². The van der Waals surface area contributed by atoms with Gasteiger partial charge in [0.25, 0.3) is 0 Å². The van der Waals surface area contributed by atoms with Crippen molar-refractivity contribution < 1.29 is 29.9 Å². The van der Waals surface area contributed by atoms with E-state index in [-0.39, 0.29) is 39.6 Å². The third-order valence-corrected chi connectivity index (χ3v) is 2.09. The van der Waals surface area contributed by atoms with E-state index in [2.05, 4.69) is 0 Å². The van der Waals surface area contributed by atoms with E-state index in [1.165, 1.54) is 0 Å². The Kier molecular flexibility index (Phi) is 13.1. The van der Waals surface area contributed by atoms with Crippen LogP contribution in [0.3, 0.4) is 0 Å². The van der Waals surface area contributed by atoms with Crippen molar-refractivity contribution in [3.05, 3.63) is 24.3 Å². The minimum atomic E-state index is -0.0122. The van der Waals surface area contributed by atoms with Gasteiger partial charge in [-0.15, -0.1) is 0 Å². The zero-order chi connectivity index (χ0) is 15.1. The van der Waals surface area contributed by atoms with Gasteiger partial charge in [-0.05, 0) is 25.0 Å². The third kappa shape index (κ3) is 10.6. The van der Waals surface area contributed by atoms with Crippen molar-refractivity contribution in [3.8, 4) is 11.5 Å². The Labute approximate surface area is 119 Å². The summed E-state index contributed by atoms with van der Waals surface area (Å²) in [5, 5.41) is 33.3. The standard InChI is InChI=1S/C10H14O4.C4H10O2/c11-4-6-13-9-2-1-3-10(8-9)14-7-5-12;5-3-1-2-4-6/h1-3,8,11-12H,4-7H2;5-6H,1-4H2. The molecule has 0 spiro atoms. The second kappa shape index (κ2) is 14.1. The van der Waals surface area contributed by atoms with Gasteiger partial charge in [-0.3, -0.25) is 0 Å². The number of ether oxygens (including phenoxy) is 2. The summed E-state index contributed by atoms with van der Waals surface area (Å²) in [6.07, 6.45) is 1.44. The molecule has 0 saturated carbocycles. The van der Waals surface area contributed by atoms with E-state index in [9.17, 15) is 0 Å². The number of aliphatic hydroxyl groups is 4. The molecule has 1 aromatic rings. The van der Waals surface area contributed by atoms with Crippen LogP contribution in [0.15, 0.2) is 24.3 Å². The Bertz CT molecular complexity index is 291. The number of unbranched alkanes of at least 4 members (excludes halogenated alkanes) is 1. The van der Waals surface area contributed by atoms with Crippen molar-refractivity contribution >= 4 is 0 Å². The highest BCUT2D eigenvalue weighted by atomic mass is 16.5. The van der Waals surface area contributed by atoms with E-state index in [0.717, 1.165) is 12.8 Å². The van der Waals surface area contributed by atoms with Crippen LogP contribution in [-0.2, 0) is 0 Å². The molecule has 0 aliphatic heterocycles. The van der Waals surface area contributed by atoms with Crippen LogP contribution >= 0.6 is 0 Å². The minimum absolute atomic E-state index is 0.0122. The first-order valence-electron chi connectivity index (χ1n) is 6.57. The maximum absolute atomic E-state index is 8.55. The highest BCUT2D eigenvalue weighted by Gasteiger charge is 1.96. The van der Waals surface area contributed by atoms with Gasteiger partial charge in [-0.1, -0.05) is 6.07 Å². The predicted octanol–water partition coefficient (Wildman–Crippen LogP) is 0.180. The molecule has 116 valence electrons. The maximum atomic E-state index is 8.55. The lowest BCUT2D eigenvalue weighted by atomic mass is 10.3. The summed E-state index contributed by atoms with van der Waals surface area (Å²) in [6, 6.07) is 7.06. The van der Waals surface area contributed by atoms with E-state index in [0.29, 0.717) is 11.5 Å². The summed E-state index contributed by atoms with van der Waals surface area (Å²) < 4.78 is 10.4. The average Bonchev–Trinajstić information content (AvgIpc) is 2.50. The summed E-state index contributed by atoms with van der Waals surface area (Å²) in [7, 11) is 0. The van der Waals surface area contributed by atoms with Crippen molar-refractivity contribution in [2.45, 2.75) is 12.8 Å². The predicted molar refractivity (Wildman–Crippen MR) is 75.0 cm³/mol. The quantitative estimate of drug-likeness (QED) is 0.484. The summed E-state index contributed by atoms with van der Waals surface area (Å²) in [5.41, 5.74) is 0. The molecule has 0 saturated heterocycles. The van der Waals surface area contributed by atoms with Gasteiger partial charge in [-0.2, -0.15) is 0 Å². The summed E-state index contributed by atoms with van der Waals surface area (Å²) in [4.78, 5) is 0. The monoisotopic (exact) mass is 288 g/mol. The van der Waals surface area contributed by atoms with Crippen LogP contribution in [-0.4, -0.2) is 60.1 Å². The van der Waals surface area contributed by atoms with Gasteiger partial charge in [-0.25, -0.2) is 0 Å². The topological polar surface area (TPSA) is 99.4 Å². The van der Waals surface area contributed by atoms with Gasteiger partial charge in [0.1, 0.15) is 24.7 Å². The van der Waals surface area contributed by atoms with Crippen molar-refractivity contribution in [1.82, 2.24) is 0 Å². The number of hydrogen-bond acceptors (Lipinski definition) is 6. The fraction of sp³-hybridized carbons (Fsp3) is 0.571. The SMILES string of the molecule is OCCCCO.OCCOc1cccc(OCCO)c1. The Balaban J connectivity index is 0.000000511. The molecule has 20 heavy (non-hydrogen) atoms. The smallest absolute Gasteiger partial charge is 0.123 e. The molecule has 6 nitrogen and oxygen atoms in total. The highest BCUT2D eigenvalue weighted by Crippen LogP contribution is 2.18. The minimum Gasteiger partial charge on any atom is -0.491 e. The molecular weight excluding hydrogens is 264 g/mol. The van der Waals surface area contributed by atoms with E-state index in [1.54, 1.807) is 24.3 Å². The first-order chi connectivity index (χ1) is 9.78. The molecule has 0 heterocycles. The highest BCUT2D eigenvalue weighted by molar-refractivity contribution is 5.32. The Hall–Kier alpha value is -1.34. The second-order valence-electron chi connectivity index (χ2n) is 3.77. The number of aliphatic hydroxyl groups excluding tert-OH is 4. The molecule has 0 unspecified atom stereocenters. The molecule has 6 heteroatoms. The van der Waals surface area contributed by atoms with Crippen LogP contribution in [0.1, 0.15) is 12.8 Å². The van der Waals surface area contributed by atoms with Crippen molar-refractivity contribution in [1.29, 1.82) is 0 Å². The van der Waals surface area contributed by atoms with Crippen LogP contribution < -0.4 is 9.47 Å². The summed E-state index contributed by atoms with van der Waals surface area (Å²) in [5.74, 6) is 1.30. The molecular formula is C14H24O6. The van der Waals surface area contributed by atoms with Gasteiger partial charge in [0.2, 0.25) is 0 Å². The number of rotatable bonds is 9. The Morgan fingerprint density at radius 3 is 1.50 bits per heavy atom. The largest absolute Gasteiger partial charge is 0.491 e. The lowest BCUT2D eigenvalue weighted by Crippen LogP contribution is -2.03. The molecule has 4 N–H and O–H groups in total. The fourth-order valence-electron chi connectivity index (χ4n) is 1.20. The zero-order valence-corrected chi connectivity index (χ0v) is 11.6. The van der Waals surface area contributed by atoms with Crippen LogP contribution in [0.25, 0.3) is 0 Å². The zero-order valence-electron chi connectivity index (χ0n) is 11.6. The van der Waals surface area contributed by atoms with E-state index in [1.807, 2.05) is 0 Å². The first kappa shape index (κ1) is 18.7. The Morgan fingerprint density at radius 1 is 0.700 bits per heavy atom. The maximum Gasteiger partial charge on any atom is 0.123 e. The summed E-state index contributed by atoms with van der Waals surface area (Å²) >= 11 is 0. The normalized spacial score (nSPS) is 9.60. The molecule has 0 aromatic heterocycles. The van der Waals surface area contributed by atoms with Gasteiger partial charge >= 0.3 is 0 Å². The average molecular weight is 288 g/mol. The first-order valence-corrected chi connectivity index (χ1v) is 6.57. The van der Waals surface area contributed by atoms with Gasteiger partial charge in [0, 0.05) is 19.3 Å². The van der Waals surface area contributed by atoms with E-state index < -0.39 is 0 Å². The lowest BCUT2D eigenvalue weighted by molar-refractivity contribution is 0.194. The number of hydrogen-bond donors (Lipinski definition) is 4. The molecule has 0 amide bonds. The van der Waals surface area contributed by atoms with Crippen molar-refractivity contribution in [2.24, 2.45) is 0 Å². The second-order valence-corrected chi connectivity index (χ2v) is 3.77. The van der Waals surface area contributed by atoms with E-state index >= 15 is 0 Å². The van der Waals surface area contributed by atoms with Gasteiger partial charge < -0.3 is 29.9 Å².